The lowest BCUT2D eigenvalue weighted by molar-refractivity contribution is 0.979. The Hall–Kier alpha value is -0.790. The molecule has 10 heavy (non-hydrogen) atoms. The van der Waals surface area contributed by atoms with Gasteiger partial charge in [0.25, 0.3) is 0 Å². The minimum absolute atomic E-state index is 1.04. The van der Waals surface area contributed by atoms with Gasteiger partial charge in [-0.2, -0.15) is 0 Å². The first kappa shape index (κ1) is 7.32. The van der Waals surface area contributed by atoms with E-state index in [-0.39, 0.29) is 0 Å². The number of aryl methyl sites for hydroxylation is 3. The van der Waals surface area contributed by atoms with Crippen LogP contribution in [0.3, 0.4) is 0 Å². The van der Waals surface area contributed by atoms with Crippen LogP contribution < -0.4 is 0 Å². The van der Waals surface area contributed by atoms with E-state index in [1.165, 1.54) is 11.4 Å². The third-order valence-electron chi connectivity index (χ3n) is 1.67. The van der Waals surface area contributed by atoms with Crippen LogP contribution in [0.1, 0.15) is 31.1 Å². The predicted molar refractivity (Wildman–Crippen MR) is 42.1 cm³/mol. The third kappa shape index (κ3) is 1.20. The zero-order valence-corrected chi connectivity index (χ0v) is 6.86. The van der Waals surface area contributed by atoms with E-state index in [1.807, 2.05) is 6.92 Å². The van der Waals surface area contributed by atoms with Gasteiger partial charge in [0.15, 0.2) is 0 Å². The van der Waals surface area contributed by atoms with Crippen molar-refractivity contribution in [3.8, 4) is 0 Å². The fourth-order valence-corrected chi connectivity index (χ4v) is 1.17. The van der Waals surface area contributed by atoms with Gasteiger partial charge >= 0.3 is 0 Å². The summed E-state index contributed by atoms with van der Waals surface area (Å²) in [6, 6.07) is 0. The molecule has 0 spiro atoms. The van der Waals surface area contributed by atoms with Crippen LogP contribution in [0.15, 0.2) is 0 Å². The lowest BCUT2D eigenvalue weighted by Crippen LogP contribution is -1.87. The Kier molecular flexibility index (Phi) is 2.10. The number of nitrogens with one attached hydrogen (secondary N) is 1. The van der Waals surface area contributed by atoms with E-state index >= 15 is 0 Å². The summed E-state index contributed by atoms with van der Waals surface area (Å²) in [6.45, 7) is 6.28. The van der Waals surface area contributed by atoms with E-state index in [0.717, 1.165) is 18.7 Å². The van der Waals surface area contributed by atoms with Crippen molar-refractivity contribution in [1.82, 2.24) is 9.97 Å². The Morgan fingerprint density at radius 1 is 1.30 bits per heavy atom. The average Bonchev–Trinajstić information content (AvgIpc) is 2.30. The number of aromatic nitrogens is 2. The molecule has 0 bridgehead atoms. The van der Waals surface area contributed by atoms with Crippen molar-refractivity contribution in [1.29, 1.82) is 0 Å². The molecule has 0 atom stereocenters. The fourth-order valence-electron chi connectivity index (χ4n) is 1.17. The molecule has 1 aromatic rings. The molecule has 0 amide bonds. The topological polar surface area (TPSA) is 28.7 Å². The summed E-state index contributed by atoms with van der Waals surface area (Å²) in [6.07, 6.45) is 2.09. The lowest BCUT2D eigenvalue weighted by Gasteiger charge is -1.91. The molecule has 2 heteroatoms. The Bertz CT molecular complexity index is 192. The molecule has 1 N–H and O–H groups in total. The highest BCUT2D eigenvalue weighted by molar-refractivity contribution is 5.13. The number of H-pyrrole nitrogens is 1. The first-order valence-corrected chi connectivity index (χ1v) is 3.82. The van der Waals surface area contributed by atoms with Gasteiger partial charge in [0.1, 0.15) is 5.82 Å². The second kappa shape index (κ2) is 2.86. The van der Waals surface area contributed by atoms with Crippen LogP contribution in [0.25, 0.3) is 0 Å². The van der Waals surface area contributed by atoms with Gasteiger partial charge in [0.05, 0.1) is 5.69 Å². The second-order valence-corrected chi connectivity index (χ2v) is 2.45. The van der Waals surface area contributed by atoms with Gasteiger partial charge in [0, 0.05) is 5.69 Å². The van der Waals surface area contributed by atoms with E-state index < -0.39 is 0 Å². The molecule has 0 aliphatic rings. The van der Waals surface area contributed by atoms with Crippen LogP contribution in [0, 0.1) is 6.92 Å². The Labute approximate surface area is 61.7 Å². The number of hydrogen-bond acceptors (Lipinski definition) is 1. The summed E-state index contributed by atoms with van der Waals surface area (Å²) in [5.74, 6) is 1.04. The highest BCUT2D eigenvalue weighted by Crippen LogP contribution is 2.06. The van der Waals surface area contributed by atoms with Crippen LogP contribution in [-0.4, -0.2) is 9.97 Å². The van der Waals surface area contributed by atoms with Gasteiger partial charge < -0.3 is 4.98 Å². The number of nitrogens with zero attached hydrogens (tertiary/aromatic N) is 1. The maximum atomic E-state index is 4.34. The van der Waals surface area contributed by atoms with E-state index in [9.17, 15) is 0 Å². The number of rotatable bonds is 2. The zero-order valence-electron chi connectivity index (χ0n) is 6.86. The SMILES string of the molecule is CCc1nc(C)[nH]c1CC. The molecule has 0 fully saturated rings. The Morgan fingerprint density at radius 3 is 2.40 bits per heavy atom. The van der Waals surface area contributed by atoms with E-state index in [0.29, 0.717) is 0 Å². The molecule has 56 valence electrons. The summed E-state index contributed by atoms with van der Waals surface area (Å²) in [4.78, 5) is 7.58. The van der Waals surface area contributed by atoms with E-state index in [4.69, 9.17) is 0 Å². The maximum absolute atomic E-state index is 4.34. The monoisotopic (exact) mass is 138 g/mol. The average molecular weight is 138 g/mol. The van der Waals surface area contributed by atoms with Crippen molar-refractivity contribution >= 4 is 0 Å². The molecule has 0 aliphatic carbocycles. The zero-order chi connectivity index (χ0) is 7.56. The summed E-state index contributed by atoms with van der Waals surface area (Å²) < 4.78 is 0. The minimum atomic E-state index is 1.04. The summed E-state index contributed by atoms with van der Waals surface area (Å²) >= 11 is 0. The summed E-state index contributed by atoms with van der Waals surface area (Å²) in [5.41, 5.74) is 2.51. The number of imidazole rings is 1. The Morgan fingerprint density at radius 2 is 2.00 bits per heavy atom. The van der Waals surface area contributed by atoms with Crippen molar-refractivity contribution in [2.45, 2.75) is 33.6 Å². The Balaban J connectivity index is 2.96. The molecule has 1 heterocycles. The standard InChI is InChI=1S/C8H14N2/c1-4-7-8(5-2)10-6(3)9-7/h4-5H2,1-3H3,(H,9,10). The molecule has 1 rings (SSSR count). The normalized spacial score (nSPS) is 10.3. The third-order valence-corrected chi connectivity index (χ3v) is 1.67. The highest BCUT2D eigenvalue weighted by atomic mass is 14.9. The predicted octanol–water partition coefficient (Wildman–Crippen LogP) is 1.84. The van der Waals surface area contributed by atoms with Gasteiger partial charge in [-0.15, -0.1) is 0 Å². The van der Waals surface area contributed by atoms with Crippen LogP contribution in [0.4, 0.5) is 0 Å². The fraction of sp³-hybridized carbons (Fsp3) is 0.625. The van der Waals surface area contributed by atoms with Gasteiger partial charge in [-0.05, 0) is 19.8 Å². The lowest BCUT2D eigenvalue weighted by atomic mass is 10.2. The minimum Gasteiger partial charge on any atom is -0.346 e. The number of hydrogen-bond donors (Lipinski definition) is 1. The first-order chi connectivity index (χ1) is 4.77. The van der Waals surface area contributed by atoms with Crippen LogP contribution in [0.2, 0.25) is 0 Å². The molecule has 2 nitrogen and oxygen atoms in total. The molecular formula is C8H14N2. The largest absolute Gasteiger partial charge is 0.346 e. The molecule has 0 saturated heterocycles. The quantitative estimate of drug-likeness (QED) is 0.663. The van der Waals surface area contributed by atoms with Crippen molar-refractivity contribution < 1.29 is 0 Å². The van der Waals surface area contributed by atoms with Crippen LogP contribution in [0.5, 0.6) is 0 Å². The van der Waals surface area contributed by atoms with Crippen molar-refractivity contribution in [3.63, 3.8) is 0 Å². The summed E-state index contributed by atoms with van der Waals surface area (Å²) in [7, 11) is 0. The van der Waals surface area contributed by atoms with Crippen molar-refractivity contribution in [3.05, 3.63) is 17.2 Å². The summed E-state index contributed by atoms with van der Waals surface area (Å²) in [5, 5.41) is 0. The molecule has 0 radical (unpaired) electrons. The van der Waals surface area contributed by atoms with Gasteiger partial charge in [-0.25, -0.2) is 4.98 Å². The molecule has 0 unspecified atom stereocenters. The molecule has 0 saturated carbocycles. The molecule has 0 aliphatic heterocycles. The van der Waals surface area contributed by atoms with E-state index in [1.54, 1.807) is 0 Å². The van der Waals surface area contributed by atoms with Crippen LogP contribution in [-0.2, 0) is 12.8 Å². The van der Waals surface area contributed by atoms with E-state index in [2.05, 4.69) is 23.8 Å². The highest BCUT2D eigenvalue weighted by Gasteiger charge is 2.01. The molecule has 0 aromatic carbocycles. The second-order valence-electron chi connectivity index (χ2n) is 2.45. The van der Waals surface area contributed by atoms with Gasteiger partial charge in [0.2, 0.25) is 0 Å². The van der Waals surface area contributed by atoms with Crippen LogP contribution >= 0.6 is 0 Å². The molecular weight excluding hydrogens is 124 g/mol. The van der Waals surface area contributed by atoms with Gasteiger partial charge in [-0.3, -0.25) is 0 Å². The van der Waals surface area contributed by atoms with Crippen molar-refractivity contribution in [2.24, 2.45) is 0 Å². The maximum Gasteiger partial charge on any atom is 0.103 e. The van der Waals surface area contributed by atoms with Gasteiger partial charge in [-0.1, -0.05) is 13.8 Å². The smallest absolute Gasteiger partial charge is 0.103 e. The van der Waals surface area contributed by atoms with Crippen molar-refractivity contribution in [2.75, 3.05) is 0 Å². The molecule has 1 aromatic heterocycles. The first-order valence-electron chi connectivity index (χ1n) is 3.82. The number of aromatic amines is 1.